The van der Waals surface area contributed by atoms with Crippen LogP contribution in [0.4, 0.5) is 11.4 Å². The number of amides is 2. The van der Waals surface area contributed by atoms with Gasteiger partial charge in [-0.3, -0.25) is 9.59 Å². The van der Waals surface area contributed by atoms with Gasteiger partial charge in [0.05, 0.1) is 18.8 Å². The molecule has 0 aliphatic rings. The third-order valence-corrected chi connectivity index (χ3v) is 4.03. The molecular weight excluding hydrogens is 342 g/mol. The molecule has 2 aromatic rings. The molecule has 0 radical (unpaired) electrons. The second kappa shape index (κ2) is 10.2. The van der Waals surface area contributed by atoms with Crippen molar-refractivity contribution < 1.29 is 14.3 Å². The third kappa shape index (κ3) is 6.33. The van der Waals surface area contributed by atoms with Gasteiger partial charge in [-0.2, -0.15) is 0 Å². The highest BCUT2D eigenvalue weighted by molar-refractivity contribution is 5.96. The fourth-order valence-electron chi connectivity index (χ4n) is 2.41. The second-order valence-electron chi connectivity index (χ2n) is 6.19. The van der Waals surface area contributed by atoms with E-state index in [0.717, 1.165) is 6.42 Å². The molecule has 144 valence electrons. The number of rotatable bonds is 9. The molecular formula is C21H27N3O3. The van der Waals surface area contributed by atoms with Crippen molar-refractivity contribution in [2.24, 2.45) is 0 Å². The lowest BCUT2D eigenvalue weighted by molar-refractivity contribution is -0.114. The van der Waals surface area contributed by atoms with Crippen LogP contribution in [0.2, 0.25) is 0 Å². The van der Waals surface area contributed by atoms with Crippen LogP contribution in [-0.4, -0.2) is 31.0 Å². The Morgan fingerprint density at radius 3 is 2.59 bits per heavy atom. The number of hydrogen-bond acceptors (Lipinski definition) is 4. The molecule has 0 saturated heterocycles. The monoisotopic (exact) mass is 369 g/mol. The highest BCUT2D eigenvalue weighted by atomic mass is 16.5. The van der Waals surface area contributed by atoms with Gasteiger partial charge in [-0.05, 0) is 50.6 Å². The molecule has 2 amide bonds. The fourth-order valence-corrected chi connectivity index (χ4v) is 2.41. The van der Waals surface area contributed by atoms with Gasteiger partial charge in [0, 0.05) is 17.3 Å². The lowest BCUT2D eigenvalue weighted by Gasteiger charge is -2.13. The van der Waals surface area contributed by atoms with Crippen molar-refractivity contribution in [1.29, 1.82) is 0 Å². The SMILES string of the molecule is CCOc1ccccc1NC(=O)CNc1cccc(C(=O)NC(C)CC)c1. The van der Waals surface area contributed by atoms with Gasteiger partial charge in [-0.15, -0.1) is 0 Å². The lowest BCUT2D eigenvalue weighted by atomic mass is 10.1. The number of carbonyl (C=O) groups excluding carboxylic acids is 2. The first kappa shape index (κ1) is 20.3. The Hall–Kier alpha value is -3.02. The molecule has 2 aromatic carbocycles. The van der Waals surface area contributed by atoms with E-state index in [0.29, 0.717) is 29.3 Å². The van der Waals surface area contributed by atoms with Crippen LogP contribution in [0.5, 0.6) is 5.75 Å². The van der Waals surface area contributed by atoms with Gasteiger partial charge < -0.3 is 20.7 Å². The molecule has 0 aliphatic carbocycles. The summed E-state index contributed by atoms with van der Waals surface area (Å²) in [5, 5.41) is 8.81. The molecule has 0 aliphatic heterocycles. The van der Waals surface area contributed by atoms with Crippen LogP contribution in [0, 0.1) is 0 Å². The molecule has 6 heteroatoms. The minimum absolute atomic E-state index is 0.0803. The third-order valence-electron chi connectivity index (χ3n) is 4.03. The number of nitrogens with one attached hydrogen (secondary N) is 3. The van der Waals surface area contributed by atoms with E-state index in [-0.39, 0.29) is 24.4 Å². The Balaban J connectivity index is 1.94. The summed E-state index contributed by atoms with van der Waals surface area (Å²) in [7, 11) is 0. The van der Waals surface area contributed by atoms with Crippen molar-refractivity contribution >= 4 is 23.2 Å². The molecule has 0 aromatic heterocycles. The number of ether oxygens (including phenoxy) is 1. The maximum Gasteiger partial charge on any atom is 0.251 e. The molecule has 27 heavy (non-hydrogen) atoms. The molecule has 2 rings (SSSR count). The van der Waals surface area contributed by atoms with Gasteiger partial charge in [-0.1, -0.05) is 25.1 Å². The van der Waals surface area contributed by atoms with Crippen LogP contribution < -0.4 is 20.7 Å². The molecule has 6 nitrogen and oxygen atoms in total. The van der Waals surface area contributed by atoms with E-state index in [2.05, 4.69) is 16.0 Å². The van der Waals surface area contributed by atoms with Crippen LogP contribution in [0.3, 0.4) is 0 Å². The Labute approximate surface area is 160 Å². The summed E-state index contributed by atoms with van der Waals surface area (Å²) in [6.07, 6.45) is 0.868. The highest BCUT2D eigenvalue weighted by Crippen LogP contribution is 2.23. The highest BCUT2D eigenvalue weighted by Gasteiger charge is 2.10. The van der Waals surface area contributed by atoms with Crippen molar-refractivity contribution in [3.05, 3.63) is 54.1 Å². The Bertz CT molecular complexity index is 777. The van der Waals surface area contributed by atoms with Gasteiger partial charge in [0.2, 0.25) is 5.91 Å². The fraction of sp³-hybridized carbons (Fsp3) is 0.333. The topological polar surface area (TPSA) is 79.5 Å². The van der Waals surface area contributed by atoms with Crippen LogP contribution in [-0.2, 0) is 4.79 Å². The molecule has 0 spiro atoms. The lowest BCUT2D eigenvalue weighted by Crippen LogP contribution is -2.31. The first-order valence-corrected chi connectivity index (χ1v) is 9.20. The molecule has 1 unspecified atom stereocenters. The standard InChI is InChI=1S/C21H27N3O3/c1-4-15(3)23-21(26)16-9-8-10-17(13-16)22-14-20(25)24-18-11-6-7-12-19(18)27-5-2/h6-13,15,22H,4-5,14H2,1-3H3,(H,23,26)(H,24,25). The van der Waals surface area contributed by atoms with E-state index >= 15 is 0 Å². The summed E-state index contributed by atoms with van der Waals surface area (Å²) < 4.78 is 5.50. The normalized spacial score (nSPS) is 11.4. The van der Waals surface area contributed by atoms with E-state index in [9.17, 15) is 9.59 Å². The molecule has 1 atom stereocenters. The zero-order chi connectivity index (χ0) is 19.6. The summed E-state index contributed by atoms with van der Waals surface area (Å²) in [5.41, 5.74) is 1.90. The van der Waals surface area contributed by atoms with Crippen LogP contribution >= 0.6 is 0 Å². The Kier molecular flexibility index (Phi) is 7.67. The van der Waals surface area contributed by atoms with Gasteiger partial charge in [-0.25, -0.2) is 0 Å². The molecule has 0 fully saturated rings. The minimum atomic E-state index is -0.198. The van der Waals surface area contributed by atoms with Crippen molar-refractivity contribution in [2.45, 2.75) is 33.2 Å². The smallest absolute Gasteiger partial charge is 0.251 e. The number of benzene rings is 2. The summed E-state index contributed by atoms with van der Waals surface area (Å²) in [4.78, 5) is 24.4. The van der Waals surface area contributed by atoms with E-state index < -0.39 is 0 Å². The number of para-hydroxylation sites is 2. The number of hydrogen-bond donors (Lipinski definition) is 3. The zero-order valence-electron chi connectivity index (χ0n) is 16.0. The average molecular weight is 369 g/mol. The quantitative estimate of drug-likeness (QED) is 0.630. The predicted molar refractivity (Wildman–Crippen MR) is 108 cm³/mol. The molecule has 0 saturated carbocycles. The maximum atomic E-state index is 12.2. The van der Waals surface area contributed by atoms with Gasteiger partial charge in [0.1, 0.15) is 5.75 Å². The largest absolute Gasteiger partial charge is 0.492 e. The first-order chi connectivity index (χ1) is 13.0. The zero-order valence-corrected chi connectivity index (χ0v) is 16.0. The van der Waals surface area contributed by atoms with E-state index in [1.807, 2.05) is 45.0 Å². The number of carbonyl (C=O) groups is 2. The number of anilines is 2. The summed E-state index contributed by atoms with van der Waals surface area (Å²) in [6, 6.07) is 14.5. The Morgan fingerprint density at radius 2 is 1.85 bits per heavy atom. The minimum Gasteiger partial charge on any atom is -0.492 e. The van der Waals surface area contributed by atoms with Crippen molar-refractivity contribution in [3.63, 3.8) is 0 Å². The summed E-state index contributed by atoms with van der Waals surface area (Å²) in [5.74, 6) is 0.316. The van der Waals surface area contributed by atoms with Gasteiger partial charge in [0.25, 0.3) is 5.91 Å². The van der Waals surface area contributed by atoms with Crippen molar-refractivity contribution in [2.75, 3.05) is 23.8 Å². The maximum absolute atomic E-state index is 12.2. The molecule has 3 N–H and O–H groups in total. The summed E-state index contributed by atoms with van der Waals surface area (Å²) >= 11 is 0. The van der Waals surface area contributed by atoms with Crippen LogP contribution in [0.1, 0.15) is 37.6 Å². The second-order valence-corrected chi connectivity index (χ2v) is 6.19. The van der Waals surface area contributed by atoms with Gasteiger partial charge in [0.15, 0.2) is 0 Å². The van der Waals surface area contributed by atoms with Crippen molar-refractivity contribution in [3.8, 4) is 5.75 Å². The van der Waals surface area contributed by atoms with Crippen LogP contribution in [0.25, 0.3) is 0 Å². The average Bonchev–Trinajstić information content (AvgIpc) is 2.68. The van der Waals surface area contributed by atoms with Crippen molar-refractivity contribution in [1.82, 2.24) is 5.32 Å². The van der Waals surface area contributed by atoms with E-state index in [1.165, 1.54) is 0 Å². The molecule has 0 bridgehead atoms. The van der Waals surface area contributed by atoms with Crippen LogP contribution in [0.15, 0.2) is 48.5 Å². The summed E-state index contributed by atoms with van der Waals surface area (Å²) in [6.45, 7) is 6.48. The van der Waals surface area contributed by atoms with Gasteiger partial charge >= 0.3 is 0 Å². The Morgan fingerprint density at radius 1 is 1.07 bits per heavy atom. The first-order valence-electron chi connectivity index (χ1n) is 9.20. The van der Waals surface area contributed by atoms with E-state index in [1.54, 1.807) is 24.3 Å². The predicted octanol–water partition coefficient (Wildman–Crippen LogP) is 3.66. The molecule has 0 heterocycles. The van der Waals surface area contributed by atoms with E-state index in [4.69, 9.17) is 4.74 Å².